The van der Waals surface area contributed by atoms with E-state index in [0.717, 1.165) is 83.0 Å². The Hall–Kier alpha value is -2.91. The first kappa shape index (κ1) is 38.5. The Labute approximate surface area is 285 Å². The average molecular weight is 649 g/mol. The monoisotopic (exact) mass is 648 g/mol. The maximum absolute atomic E-state index is 13.2. The summed E-state index contributed by atoms with van der Waals surface area (Å²) in [4.78, 5) is 15.3. The first-order valence-electron chi connectivity index (χ1n) is 18.6. The van der Waals surface area contributed by atoms with Crippen LogP contribution in [0.4, 0.5) is 4.39 Å². The lowest BCUT2D eigenvalue weighted by Gasteiger charge is -2.31. The van der Waals surface area contributed by atoms with E-state index in [9.17, 15) is 14.4 Å². The van der Waals surface area contributed by atoms with Crippen molar-refractivity contribution in [2.45, 2.75) is 134 Å². The summed E-state index contributed by atoms with van der Waals surface area (Å²) in [5.74, 6) is 1.26. The number of carbonyl (C=O) groups excluding carboxylic acids is 1. The fourth-order valence-corrected chi connectivity index (χ4v) is 7.20. The Balaban J connectivity index is 1.42. The van der Waals surface area contributed by atoms with Gasteiger partial charge in [-0.3, -0.25) is 4.79 Å². The summed E-state index contributed by atoms with van der Waals surface area (Å²) in [5, 5.41) is 10.6. The number of hydrogen-bond acceptors (Lipinski definition) is 5. The van der Waals surface area contributed by atoms with Crippen LogP contribution < -0.4 is 9.47 Å². The van der Waals surface area contributed by atoms with Gasteiger partial charge in [-0.1, -0.05) is 103 Å². The lowest BCUT2D eigenvalue weighted by Crippen LogP contribution is -2.36. The van der Waals surface area contributed by atoms with E-state index in [1.54, 1.807) is 26.4 Å². The molecule has 260 valence electrons. The molecule has 47 heavy (non-hydrogen) atoms. The van der Waals surface area contributed by atoms with Gasteiger partial charge in [-0.2, -0.15) is 5.26 Å². The van der Waals surface area contributed by atoms with Crippen LogP contribution in [-0.4, -0.2) is 44.5 Å². The first-order valence-corrected chi connectivity index (χ1v) is 18.6. The van der Waals surface area contributed by atoms with Gasteiger partial charge >= 0.3 is 0 Å². The van der Waals surface area contributed by atoms with E-state index in [0.29, 0.717) is 17.1 Å². The Morgan fingerprint density at radius 3 is 1.85 bits per heavy atom. The molecule has 1 heterocycles. The number of ether oxygens (including phenoxy) is 2. The molecule has 2 aromatic rings. The summed E-state index contributed by atoms with van der Waals surface area (Å²) in [6, 6.07) is 14.8. The summed E-state index contributed by atoms with van der Waals surface area (Å²) in [6.07, 6.45) is 22.1. The maximum atomic E-state index is 13.2. The van der Waals surface area contributed by atoms with E-state index in [4.69, 9.17) is 9.47 Å². The second kappa shape index (κ2) is 21.9. The van der Waals surface area contributed by atoms with E-state index < -0.39 is 5.41 Å². The number of nitriles is 1. The van der Waals surface area contributed by atoms with Gasteiger partial charge in [-0.15, -0.1) is 0 Å². The van der Waals surface area contributed by atoms with Crippen molar-refractivity contribution in [3.63, 3.8) is 0 Å². The number of halogens is 1. The van der Waals surface area contributed by atoms with Crippen LogP contribution >= 0.6 is 0 Å². The predicted molar refractivity (Wildman–Crippen MR) is 191 cm³/mol. The minimum atomic E-state index is -0.516. The molecule has 1 unspecified atom stereocenters. The lowest BCUT2D eigenvalue weighted by molar-refractivity contribution is 0.0838. The van der Waals surface area contributed by atoms with Gasteiger partial charge in [-0.25, -0.2) is 4.39 Å². The number of hydrogen-bond donors (Lipinski definition) is 0. The van der Waals surface area contributed by atoms with E-state index in [-0.39, 0.29) is 17.5 Å². The average Bonchev–Trinajstić information content (AvgIpc) is 3.11. The van der Waals surface area contributed by atoms with E-state index in [2.05, 4.69) is 24.0 Å². The van der Waals surface area contributed by atoms with Gasteiger partial charge < -0.3 is 14.4 Å². The highest BCUT2D eigenvalue weighted by atomic mass is 19.1. The number of carbonyl (C=O) groups is 1. The summed E-state index contributed by atoms with van der Waals surface area (Å²) in [7, 11) is 3.31. The number of nitrogens with zero attached hydrogens (tertiary/aromatic N) is 2. The Bertz CT molecular complexity index is 1200. The summed E-state index contributed by atoms with van der Waals surface area (Å²) in [6.45, 7) is 5.20. The molecule has 0 aromatic heterocycles. The molecule has 3 rings (SSSR count). The molecule has 2 aromatic carbocycles. The largest absolute Gasteiger partial charge is 0.493 e. The number of methoxy groups -OCH3 is 2. The van der Waals surface area contributed by atoms with Crippen LogP contribution in [0.25, 0.3) is 0 Å². The van der Waals surface area contributed by atoms with Crippen molar-refractivity contribution < 1.29 is 18.7 Å². The van der Waals surface area contributed by atoms with Crippen LogP contribution in [0.1, 0.15) is 145 Å². The molecule has 1 atom stereocenters. The van der Waals surface area contributed by atoms with Crippen LogP contribution in [0.5, 0.6) is 11.5 Å². The number of unbranched alkanes of at least 4 members (excludes halogenated alkanes) is 13. The number of likely N-dealkylation sites (tertiary alicyclic amines) is 1. The first-order chi connectivity index (χ1) is 23.0. The Morgan fingerprint density at radius 2 is 1.32 bits per heavy atom. The quantitative estimate of drug-likeness (QED) is 0.0837. The molecule has 1 fully saturated rings. The molecule has 0 aliphatic carbocycles. The van der Waals surface area contributed by atoms with E-state index in [1.807, 2.05) is 12.1 Å². The molecule has 0 spiro atoms. The lowest BCUT2D eigenvalue weighted by atomic mass is 9.73. The highest BCUT2D eigenvalue weighted by Gasteiger charge is 2.32. The number of ketones is 1. The van der Waals surface area contributed by atoms with E-state index in [1.165, 1.54) is 76.3 Å². The summed E-state index contributed by atoms with van der Waals surface area (Å²) >= 11 is 0. The molecule has 0 bridgehead atoms. The molecular weight excluding hydrogens is 587 g/mol. The fraction of sp³-hybridized carbons (Fsp3) is 0.659. The normalized spacial score (nSPS) is 15.2. The van der Waals surface area contributed by atoms with Crippen molar-refractivity contribution in [2.75, 3.05) is 33.9 Å². The van der Waals surface area contributed by atoms with Gasteiger partial charge in [0.2, 0.25) is 0 Å². The van der Waals surface area contributed by atoms with Crippen LogP contribution in [-0.2, 0) is 5.41 Å². The molecule has 6 heteroatoms. The van der Waals surface area contributed by atoms with Gasteiger partial charge in [-0.05, 0) is 93.7 Å². The van der Waals surface area contributed by atoms with Crippen molar-refractivity contribution in [3.05, 3.63) is 59.4 Å². The minimum Gasteiger partial charge on any atom is -0.493 e. The topological polar surface area (TPSA) is 62.6 Å². The molecule has 1 aliphatic heterocycles. The maximum Gasteiger partial charge on any atom is 0.166 e. The van der Waals surface area contributed by atoms with Crippen LogP contribution in [0.3, 0.4) is 0 Å². The zero-order valence-electron chi connectivity index (χ0n) is 29.7. The molecular formula is C41H61FN2O3. The molecule has 0 amide bonds. The zero-order chi connectivity index (χ0) is 33.7. The predicted octanol–water partition coefficient (Wildman–Crippen LogP) is 10.9. The molecule has 1 saturated heterocycles. The van der Waals surface area contributed by atoms with Gasteiger partial charge in [0.25, 0.3) is 0 Å². The smallest absolute Gasteiger partial charge is 0.166 e. The Kier molecular flexibility index (Phi) is 17.9. The Morgan fingerprint density at radius 1 is 0.787 bits per heavy atom. The molecule has 0 N–H and O–H groups in total. The van der Waals surface area contributed by atoms with Crippen molar-refractivity contribution in [1.82, 2.24) is 4.90 Å². The standard InChI is InChI=1S/C41H61FN2O3/c1-4-5-6-7-8-9-10-11-12-13-16-27-41(33-43,36-21-24-38(46-2)39(32-36)47-3)28-17-14-15-18-29-44-30-25-35(26-31-44)40(45)34-19-22-37(42)23-20-34/h19-24,32,35H,4-18,25-31H2,1-3H3. The number of benzene rings is 2. The van der Waals surface area contributed by atoms with Crippen molar-refractivity contribution >= 4 is 5.78 Å². The summed E-state index contributed by atoms with van der Waals surface area (Å²) in [5.41, 5.74) is 1.15. The van der Waals surface area contributed by atoms with Gasteiger partial charge in [0, 0.05) is 11.5 Å². The number of piperidine rings is 1. The van der Waals surface area contributed by atoms with Gasteiger partial charge in [0.15, 0.2) is 17.3 Å². The number of Topliss-reactive ketones (excluding diaryl/α,β-unsaturated/α-hetero) is 1. The zero-order valence-corrected chi connectivity index (χ0v) is 29.7. The molecule has 0 radical (unpaired) electrons. The molecule has 0 saturated carbocycles. The van der Waals surface area contributed by atoms with Gasteiger partial charge in [0.05, 0.1) is 25.7 Å². The van der Waals surface area contributed by atoms with Crippen molar-refractivity contribution in [1.29, 1.82) is 5.26 Å². The van der Waals surface area contributed by atoms with Crippen molar-refractivity contribution in [2.24, 2.45) is 5.92 Å². The van der Waals surface area contributed by atoms with Crippen LogP contribution in [0.2, 0.25) is 0 Å². The highest BCUT2D eigenvalue weighted by molar-refractivity contribution is 5.97. The van der Waals surface area contributed by atoms with Crippen molar-refractivity contribution in [3.8, 4) is 17.6 Å². The van der Waals surface area contributed by atoms with Crippen LogP contribution in [0.15, 0.2) is 42.5 Å². The molecule has 1 aliphatic rings. The highest BCUT2D eigenvalue weighted by Crippen LogP contribution is 2.39. The van der Waals surface area contributed by atoms with Gasteiger partial charge in [0.1, 0.15) is 5.82 Å². The van der Waals surface area contributed by atoms with Crippen LogP contribution in [0, 0.1) is 23.1 Å². The SMILES string of the molecule is CCCCCCCCCCCCCC(C#N)(CCCCCCN1CCC(C(=O)c2ccc(F)cc2)CC1)c1ccc(OC)c(OC)c1. The number of rotatable bonds is 24. The summed E-state index contributed by atoms with van der Waals surface area (Å²) < 4.78 is 24.3. The third-order valence-electron chi connectivity index (χ3n) is 10.3. The second-order valence-electron chi connectivity index (χ2n) is 13.7. The third kappa shape index (κ3) is 12.9. The molecule has 5 nitrogen and oxygen atoms in total. The third-order valence-corrected chi connectivity index (χ3v) is 10.3. The fourth-order valence-electron chi connectivity index (χ4n) is 7.20. The minimum absolute atomic E-state index is 0.0349. The van der Waals surface area contributed by atoms with E-state index >= 15 is 0 Å². The second-order valence-corrected chi connectivity index (χ2v) is 13.7.